The van der Waals surface area contributed by atoms with Gasteiger partial charge in [0.2, 0.25) is 0 Å². The number of allylic oxidation sites excluding steroid dienone is 5. The minimum Gasteiger partial charge on any atom is -0.366 e. The summed E-state index contributed by atoms with van der Waals surface area (Å²) >= 11 is 0. The van der Waals surface area contributed by atoms with E-state index >= 15 is 0 Å². The lowest BCUT2D eigenvalue weighted by Gasteiger charge is -2.17. The van der Waals surface area contributed by atoms with Gasteiger partial charge in [0, 0.05) is 0 Å². The van der Waals surface area contributed by atoms with Crippen LogP contribution in [0.25, 0.3) is 0 Å². The second-order valence-corrected chi connectivity index (χ2v) is 7.42. The van der Waals surface area contributed by atoms with Gasteiger partial charge in [-0.1, -0.05) is 35.5 Å². The van der Waals surface area contributed by atoms with Gasteiger partial charge in [-0.05, 0) is 78.6 Å². The van der Waals surface area contributed by atoms with Crippen LogP contribution in [0.4, 0.5) is 0 Å². The highest BCUT2D eigenvalue weighted by molar-refractivity contribution is 5.10. The first kappa shape index (κ1) is 16.5. The van der Waals surface area contributed by atoms with Crippen molar-refractivity contribution in [2.45, 2.75) is 84.3 Å². The third-order valence-corrected chi connectivity index (χ3v) is 5.28. The molecular weight excluding hydrogens is 256 g/mol. The molecule has 0 saturated carbocycles. The highest BCUT2D eigenvalue weighted by atomic mass is 16.6. The molecule has 1 aliphatic carbocycles. The smallest absolute Gasteiger partial charge is 0.0923 e. The van der Waals surface area contributed by atoms with E-state index in [1.54, 1.807) is 0 Å². The van der Waals surface area contributed by atoms with Crippen molar-refractivity contribution in [3.63, 3.8) is 0 Å². The highest BCUT2D eigenvalue weighted by Crippen LogP contribution is 2.45. The van der Waals surface area contributed by atoms with Crippen LogP contribution in [0.2, 0.25) is 0 Å². The summed E-state index contributed by atoms with van der Waals surface area (Å²) in [5.41, 5.74) is 4.50. The maximum absolute atomic E-state index is 6.04. The third-order valence-electron chi connectivity index (χ3n) is 5.28. The van der Waals surface area contributed by atoms with Gasteiger partial charge in [0.1, 0.15) is 0 Å². The molecule has 0 aromatic rings. The van der Waals surface area contributed by atoms with Crippen LogP contribution in [0.3, 0.4) is 0 Å². The molecule has 0 amide bonds. The Bertz CT molecular complexity index is 443. The number of hydrogen-bond donors (Lipinski definition) is 0. The molecule has 0 bridgehead atoms. The van der Waals surface area contributed by atoms with Gasteiger partial charge in [-0.3, -0.25) is 0 Å². The number of fused-ring (bicyclic) bond motifs is 1. The van der Waals surface area contributed by atoms with Crippen LogP contribution in [0.1, 0.15) is 72.6 Å². The van der Waals surface area contributed by atoms with Gasteiger partial charge in [0.25, 0.3) is 0 Å². The summed E-state index contributed by atoms with van der Waals surface area (Å²) in [4.78, 5) is 0. The molecule has 1 heterocycles. The molecule has 0 radical (unpaired) electrons. The average molecular weight is 288 g/mol. The van der Waals surface area contributed by atoms with E-state index in [9.17, 15) is 0 Å². The molecule has 1 saturated heterocycles. The first-order valence-corrected chi connectivity index (χ1v) is 8.55. The second kappa shape index (κ2) is 6.96. The number of epoxide rings is 1. The van der Waals surface area contributed by atoms with Crippen LogP contribution in [0.5, 0.6) is 0 Å². The summed E-state index contributed by atoms with van der Waals surface area (Å²) in [5.74, 6) is 0.611. The molecule has 0 aromatic carbocycles. The van der Waals surface area contributed by atoms with Gasteiger partial charge >= 0.3 is 0 Å². The molecule has 21 heavy (non-hydrogen) atoms. The zero-order valence-electron chi connectivity index (χ0n) is 14.4. The van der Waals surface area contributed by atoms with Crippen LogP contribution in [-0.4, -0.2) is 11.7 Å². The lowest BCUT2D eigenvalue weighted by atomic mass is 9.86. The van der Waals surface area contributed by atoms with Gasteiger partial charge in [-0.15, -0.1) is 0 Å². The van der Waals surface area contributed by atoms with Crippen molar-refractivity contribution < 1.29 is 4.74 Å². The van der Waals surface area contributed by atoms with Crippen molar-refractivity contribution in [2.75, 3.05) is 0 Å². The fraction of sp³-hybridized carbons (Fsp3) is 0.700. The van der Waals surface area contributed by atoms with Crippen molar-refractivity contribution in [3.8, 4) is 0 Å². The topological polar surface area (TPSA) is 12.5 Å². The summed E-state index contributed by atoms with van der Waals surface area (Å²) < 4.78 is 6.04. The molecule has 0 N–H and O–H groups in total. The molecule has 2 rings (SSSR count). The van der Waals surface area contributed by atoms with E-state index in [1.165, 1.54) is 42.4 Å². The van der Waals surface area contributed by atoms with Gasteiger partial charge in [0.15, 0.2) is 0 Å². The first-order valence-electron chi connectivity index (χ1n) is 8.55. The third kappa shape index (κ3) is 4.85. The second-order valence-electron chi connectivity index (χ2n) is 7.42. The first-order chi connectivity index (χ1) is 9.90. The quantitative estimate of drug-likeness (QED) is 0.427. The van der Waals surface area contributed by atoms with Crippen LogP contribution in [0, 0.1) is 5.92 Å². The highest BCUT2D eigenvalue weighted by Gasteiger charge is 2.51. The summed E-state index contributed by atoms with van der Waals surface area (Å²) in [6.45, 7) is 13.2. The summed E-state index contributed by atoms with van der Waals surface area (Å²) in [6, 6.07) is 0. The van der Waals surface area contributed by atoms with E-state index in [-0.39, 0.29) is 5.60 Å². The number of ether oxygens (including phenoxy) is 1. The Balaban J connectivity index is 2.05. The maximum Gasteiger partial charge on any atom is 0.0923 e. The maximum atomic E-state index is 6.04. The summed E-state index contributed by atoms with van der Waals surface area (Å²) in [6.07, 6.45) is 13.6. The summed E-state index contributed by atoms with van der Waals surface area (Å²) in [5, 5.41) is 0. The Morgan fingerprint density at radius 3 is 2.57 bits per heavy atom. The molecule has 118 valence electrons. The average Bonchev–Trinajstić information content (AvgIpc) is 3.03. The Morgan fingerprint density at radius 2 is 1.86 bits per heavy atom. The van der Waals surface area contributed by atoms with E-state index in [2.05, 4.69) is 46.4 Å². The monoisotopic (exact) mass is 288 g/mol. The molecule has 0 unspecified atom stereocenters. The molecule has 0 aromatic heterocycles. The Hall–Kier alpha value is -0.820. The Kier molecular flexibility index (Phi) is 5.48. The van der Waals surface area contributed by atoms with Crippen molar-refractivity contribution in [2.24, 2.45) is 5.92 Å². The molecule has 2 aliphatic rings. The lowest BCUT2D eigenvalue weighted by Crippen LogP contribution is -2.14. The van der Waals surface area contributed by atoms with Crippen LogP contribution in [0.15, 0.2) is 35.5 Å². The standard InChI is InChI=1S/C20H32O/c1-15(2)18-12-11-17(4)9-6-8-16(3)10-7-13-20(5)19(14-18)21-20/h9-10,18-19H,1,6-8,11-14H2,2-5H3/b16-10-,17-9-/t18-,19-,20+/m1/s1. The lowest BCUT2D eigenvalue weighted by molar-refractivity contribution is 0.289. The fourth-order valence-electron chi connectivity index (χ4n) is 3.39. The normalized spacial score (nSPS) is 40.0. The zero-order valence-corrected chi connectivity index (χ0v) is 14.4. The molecule has 1 aliphatic heterocycles. The van der Waals surface area contributed by atoms with Gasteiger partial charge < -0.3 is 4.74 Å². The van der Waals surface area contributed by atoms with Crippen molar-refractivity contribution >= 4 is 0 Å². The molecule has 1 heteroatoms. The summed E-state index contributed by atoms with van der Waals surface area (Å²) in [7, 11) is 0. The molecule has 1 nitrogen and oxygen atoms in total. The predicted molar refractivity (Wildman–Crippen MR) is 91.4 cm³/mol. The number of rotatable bonds is 1. The zero-order chi connectivity index (χ0) is 15.5. The van der Waals surface area contributed by atoms with Crippen molar-refractivity contribution in [3.05, 3.63) is 35.5 Å². The van der Waals surface area contributed by atoms with E-state index < -0.39 is 0 Å². The molecule has 1 fully saturated rings. The van der Waals surface area contributed by atoms with Gasteiger partial charge in [0.05, 0.1) is 11.7 Å². The van der Waals surface area contributed by atoms with E-state index in [0.717, 1.165) is 19.3 Å². The minimum absolute atomic E-state index is 0.124. The van der Waals surface area contributed by atoms with Crippen LogP contribution in [-0.2, 0) is 4.74 Å². The van der Waals surface area contributed by atoms with Gasteiger partial charge in [-0.25, -0.2) is 0 Å². The SMILES string of the molecule is C=C(C)[C@@H]1CC/C(C)=C\CC/C(C)=C\CC[C@]2(C)O[C@@H]2C1. The van der Waals surface area contributed by atoms with Crippen molar-refractivity contribution in [1.29, 1.82) is 0 Å². The van der Waals surface area contributed by atoms with Crippen molar-refractivity contribution in [1.82, 2.24) is 0 Å². The molecule has 3 atom stereocenters. The molecular formula is C20H32O. The predicted octanol–water partition coefficient (Wildman–Crippen LogP) is 5.97. The van der Waals surface area contributed by atoms with E-state index in [4.69, 9.17) is 4.74 Å². The fourth-order valence-corrected chi connectivity index (χ4v) is 3.39. The minimum atomic E-state index is 0.124. The van der Waals surface area contributed by atoms with E-state index in [0.29, 0.717) is 12.0 Å². The largest absolute Gasteiger partial charge is 0.366 e. The Labute approximate surface area is 131 Å². The van der Waals surface area contributed by atoms with Crippen LogP contribution >= 0.6 is 0 Å². The number of hydrogen-bond acceptors (Lipinski definition) is 1. The van der Waals surface area contributed by atoms with Crippen LogP contribution < -0.4 is 0 Å². The Morgan fingerprint density at radius 1 is 1.19 bits per heavy atom. The van der Waals surface area contributed by atoms with E-state index in [1.807, 2.05) is 0 Å². The van der Waals surface area contributed by atoms with Gasteiger partial charge in [-0.2, -0.15) is 0 Å². The molecule has 0 spiro atoms.